The minimum atomic E-state index is -4.15. The molecule has 2 N–H and O–H groups in total. The van der Waals surface area contributed by atoms with Crippen LogP contribution in [0.15, 0.2) is 18.2 Å². The van der Waals surface area contributed by atoms with Gasteiger partial charge in [0.25, 0.3) is 0 Å². The first-order valence-corrected chi connectivity index (χ1v) is 8.28. The summed E-state index contributed by atoms with van der Waals surface area (Å²) in [5.74, 6) is 0. The lowest BCUT2D eigenvalue weighted by Gasteiger charge is -2.15. The molecule has 4 heteroatoms. The van der Waals surface area contributed by atoms with E-state index >= 15 is 0 Å². The van der Waals surface area contributed by atoms with Crippen LogP contribution in [0.25, 0.3) is 0 Å². The van der Waals surface area contributed by atoms with Gasteiger partial charge < -0.3 is 9.79 Å². The van der Waals surface area contributed by atoms with Crippen LogP contribution >= 0.6 is 7.60 Å². The van der Waals surface area contributed by atoms with Crippen molar-refractivity contribution in [1.82, 2.24) is 0 Å². The van der Waals surface area contributed by atoms with Crippen molar-refractivity contribution in [3.05, 3.63) is 29.3 Å². The summed E-state index contributed by atoms with van der Waals surface area (Å²) in [6.45, 7) is 4.21. The van der Waals surface area contributed by atoms with Gasteiger partial charge in [-0.1, -0.05) is 38.8 Å². The number of unbranched alkanes of at least 4 members (excludes halogenated alkanes) is 2. The predicted octanol–water partition coefficient (Wildman–Crippen LogP) is 3.17. The lowest BCUT2D eigenvalue weighted by Crippen LogP contribution is -2.14. The minimum absolute atomic E-state index is 0.226. The van der Waals surface area contributed by atoms with Crippen LogP contribution in [0.4, 0.5) is 0 Å². The second-order valence-corrected chi connectivity index (χ2v) is 6.24. The molecule has 102 valence electrons. The molecule has 0 saturated carbocycles. The van der Waals surface area contributed by atoms with Gasteiger partial charge in [-0.15, -0.1) is 0 Å². The van der Waals surface area contributed by atoms with Crippen molar-refractivity contribution in [1.29, 1.82) is 0 Å². The van der Waals surface area contributed by atoms with Crippen LogP contribution in [-0.2, 0) is 17.4 Å². The third kappa shape index (κ3) is 4.24. The topological polar surface area (TPSA) is 57.5 Å². The molecule has 0 unspecified atom stereocenters. The van der Waals surface area contributed by atoms with E-state index in [9.17, 15) is 14.4 Å². The zero-order valence-electron chi connectivity index (χ0n) is 11.2. The molecule has 0 aliphatic carbocycles. The van der Waals surface area contributed by atoms with E-state index in [1.807, 2.05) is 6.07 Å². The number of aryl methyl sites for hydroxylation is 1. The van der Waals surface area contributed by atoms with Crippen molar-refractivity contribution in [3.63, 3.8) is 0 Å². The highest BCUT2D eigenvalue weighted by atomic mass is 31.2. The van der Waals surface area contributed by atoms with Crippen LogP contribution in [0.5, 0.6) is 0 Å². The molecule has 0 atom stereocenters. The van der Waals surface area contributed by atoms with Crippen molar-refractivity contribution < 1.29 is 14.4 Å². The summed E-state index contributed by atoms with van der Waals surface area (Å²) in [4.78, 5) is 18.9. The van der Waals surface area contributed by atoms with Crippen LogP contribution in [0.3, 0.4) is 0 Å². The summed E-state index contributed by atoms with van der Waals surface area (Å²) in [6, 6.07) is 5.33. The molecular formula is C14H23O3P. The lowest BCUT2D eigenvalue weighted by molar-refractivity contribution is 0.387. The first-order chi connectivity index (χ1) is 8.50. The maximum Gasteiger partial charge on any atom is 0.356 e. The van der Waals surface area contributed by atoms with Crippen LogP contribution in [0.2, 0.25) is 0 Å². The molecule has 0 amide bonds. The zero-order valence-corrected chi connectivity index (χ0v) is 12.1. The normalized spacial score (nSPS) is 11.8. The van der Waals surface area contributed by atoms with Crippen LogP contribution in [0, 0.1) is 0 Å². The molecule has 3 nitrogen and oxygen atoms in total. The molecule has 0 fully saturated rings. The third-order valence-corrected chi connectivity index (χ3v) is 4.19. The van der Waals surface area contributed by atoms with Crippen molar-refractivity contribution in [2.75, 3.05) is 0 Å². The minimum Gasteiger partial charge on any atom is -0.321 e. The Morgan fingerprint density at radius 3 is 2.22 bits per heavy atom. The van der Waals surface area contributed by atoms with Crippen molar-refractivity contribution in [2.24, 2.45) is 0 Å². The van der Waals surface area contributed by atoms with E-state index in [2.05, 4.69) is 13.8 Å². The van der Waals surface area contributed by atoms with E-state index in [-0.39, 0.29) is 5.30 Å². The molecule has 1 aromatic carbocycles. The van der Waals surface area contributed by atoms with Crippen molar-refractivity contribution in [3.8, 4) is 0 Å². The Morgan fingerprint density at radius 1 is 1.06 bits per heavy atom. The second-order valence-electron chi connectivity index (χ2n) is 4.67. The van der Waals surface area contributed by atoms with Crippen LogP contribution in [0.1, 0.15) is 50.7 Å². The van der Waals surface area contributed by atoms with Crippen LogP contribution < -0.4 is 5.30 Å². The SMILES string of the molecule is CCCCc1cccc(P(=O)(O)O)c1CCCC. The fourth-order valence-corrected chi connectivity index (χ4v) is 3.02. The summed E-state index contributed by atoms with van der Waals surface area (Å²) in [6.07, 6.45) is 5.82. The number of rotatable bonds is 7. The Hall–Kier alpha value is -0.630. The Kier molecular flexibility index (Phi) is 6.07. The van der Waals surface area contributed by atoms with Gasteiger partial charge in [-0.05, 0) is 42.9 Å². The van der Waals surface area contributed by atoms with Gasteiger partial charge in [-0.2, -0.15) is 0 Å². The average molecular weight is 270 g/mol. The first-order valence-electron chi connectivity index (χ1n) is 6.67. The standard InChI is InChI=1S/C14H23O3P/c1-3-5-8-12-9-7-11-14(18(15,16)17)13(12)10-6-4-2/h7,9,11H,3-6,8,10H2,1-2H3,(H2,15,16,17). The van der Waals surface area contributed by atoms with Crippen LogP contribution in [-0.4, -0.2) is 9.79 Å². The van der Waals surface area contributed by atoms with Gasteiger partial charge in [0.2, 0.25) is 0 Å². The van der Waals surface area contributed by atoms with E-state index in [0.717, 1.165) is 49.7 Å². The number of hydrogen-bond donors (Lipinski definition) is 2. The summed E-state index contributed by atoms with van der Waals surface area (Å²) < 4.78 is 11.5. The number of benzene rings is 1. The third-order valence-electron chi connectivity index (χ3n) is 3.14. The smallest absolute Gasteiger partial charge is 0.321 e. The summed E-state index contributed by atoms with van der Waals surface area (Å²) in [5, 5.41) is 0.226. The van der Waals surface area contributed by atoms with E-state index in [4.69, 9.17) is 0 Å². The average Bonchev–Trinajstić information content (AvgIpc) is 2.32. The zero-order chi connectivity index (χ0) is 13.6. The molecule has 0 aromatic heterocycles. The van der Waals surface area contributed by atoms with Crippen molar-refractivity contribution >= 4 is 12.9 Å². The molecule has 0 bridgehead atoms. The Bertz CT molecular complexity index is 423. The Balaban J connectivity index is 3.12. The molecule has 1 rings (SSSR count). The molecule has 1 aromatic rings. The monoisotopic (exact) mass is 270 g/mol. The van der Waals surface area contributed by atoms with E-state index < -0.39 is 7.60 Å². The van der Waals surface area contributed by atoms with Crippen molar-refractivity contribution in [2.45, 2.75) is 52.4 Å². The fourth-order valence-electron chi connectivity index (χ4n) is 2.14. The van der Waals surface area contributed by atoms with Gasteiger partial charge >= 0.3 is 7.60 Å². The maximum atomic E-state index is 11.5. The van der Waals surface area contributed by atoms with Gasteiger partial charge in [0.05, 0.1) is 5.30 Å². The molecular weight excluding hydrogens is 247 g/mol. The molecule has 0 heterocycles. The molecule has 0 aliphatic rings. The summed E-state index contributed by atoms with van der Waals surface area (Å²) >= 11 is 0. The predicted molar refractivity (Wildman–Crippen MR) is 75.3 cm³/mol. The molecule has 0 spiro atoms. The molecule has 0 radical (unpaired) electrons. The Morgan fingerprint density at radius 2 is 1.67 bits per heavy atom. The van der Waals surface area contributed by atoms with E-state index in [1.165, 1.54) is 0 Å². The lowest BCUT2D eigenvalue weighted by atomic mass is 9.98. The summed E-state index contributed by atoms with van der Waals surface area (Å²) in [7, 11) is -4.15. The molecule has 0 saturated heterocycles. The summed E-state index contributed by atoms with van der Waals surface area (Å²) in [5.41, 5.74) is 1.98. The molecule has 18 heavy (non-hydrogen) atoms. The van der Waals surface area contributed by atoms with Gasteiger partial charge in [0, 0.05) is 0 Å². The number of hydrogen-bond acceptors (Lipinski definition) is 1. The fraction of sp³-hybridized carbons (Fsp3) is 0.571. The second kappa shape index (κ2) is 7.08. The van der Waals surface area contributed by atoms with Gasteiger partial charge in [0.1, 0.15) is 0 Å². The highest BCUT2D eigenvalue weighted by Crippen LogP contribution is 2.36. The van der Waals surface area contributed by atoms with Gasteiger partial charge in [-0.3, -0.25) is 4.57 Å². The van der Waals surface area contributed by atoms with E-state index in [0.29, 0.717) is 0 Å². The Labute approximate surface area is 109 Å². The maximum absolute atomic E-state index is 11.5. The first kappa shape index (κ1) is 15.4. The molecule has 0 aliphatic heterocycles. The van der Waals surface area contributed by atoms with Gasteiger partial charge in [-0.25, -0.2) is 0 Å². The van der Waals surface area contributed by atoms with E-state index in [1.54, 1.807) is 12.1 Å². The highest BCUT2D eigenvalue weighted by molar-refractivity contribution is 7.60. The largest absolute Gasteiger partial charge is 0.356 e. The quantitative estimate of drug-likeness (QED) is 0.748. The highest BCUT2D eigenvalue weighted by Gasteiger charge is 2.22. The van der Waals surface area contributed by atoms with Gasteiger partial charge in [0.15, 0.2) is 0 Å².